The number of carbonyl (C=O) groups is 2. The van der Waals surface area contributed by atoms with Gasteiger partial charge in [0, 0.05) is 19.5 Å². The lowest BCUT2D eigenvalue weighted by Crippen LogP contribution is -2.49. The number of hydrogen-bond donors (Lipinski definition) is 2. The van der Waals surface area contributed by atoms with Crippen molar-refractivity contribution in [3.63, 3.8) is 0 Å². The third kappa shape index (κ3) is 3.72. The van der Waals surface area contributed by atoms with Crippen LogP contribution in [0.15, 0.2) is 0 Å². The highest BCUT2D eigenvalue weighted by atomic mass is 16.4. The normalized spacial score (nSPS) is 29.4. The molecule has 0 spiro atoms. The van der Waals surface area contributed by atoms with Crippen molar-refractivity contribution in [3.05, 3.63) is 0 Å². The van der Waals surface area contributed by atoms with Crippen LogP contribution in [0.3, 0.4) is 0 Å². The quantitative estimate of drug-likeness (QED) is 0.824. The fraction of sp³-hybridized carbons (Fsp3) is 0.867. The molecule has 1 amide bonds. The Morgan fingerprint density at radius 1 is 1.10 bits per heavy atom. The van der Waals surface area contributed by atoms with Gasteiger partial charge in [-0.1, -0.05) is 12.8 Å². The first-order chi connectivity index (χ1) is 9.32. The van der Waals surface area contributed by atoms with Crippen molar-refractivity contribution >= 4 is 11.9 Å². The van der Waals surface area contributed by atoms with Crippen molar-refractivity contribution in [2.45, 2.75) is 63.9 Å². The summed E-state index contributed by atoms with van der Waals surface area (Å²) in [5.74, 6) is -0.807. The van der Waals surface area contributed by atoms with Crippen molar-refractivity contribution in [3.8, 4) is 0 Å². The van der Waals surface area contributed by atoms with Gasteiger partial charge >= 0.3 is 5.97 Å². The van der Waals surface area contributed by atoms with E-state index in [1.54, 1.807) is 11.8 Å². The van der Waals surface area contributed by atoms with Crippen LogP contribution in [0.4, 0.5) is 0 Å². The van der Waals surface area contributed by atoms with Crippen molar-refractivity contribution < 1.29 is 19.8 Å². The lowest BCUT2D eigenvalue weighted by atomic mass is 9.79. The Hall–Kier alpha value is -1.10. The van der Waals surface area contributed by atoms with Gasteiger partial charge in [0.2, 0.25) is 5.91 Å². The maximum absolute atomic E-state index is 12.5. The zero-order valence-corrected chi connectivity index (χ0v) is 12.2. The minimum atomic E-state index is -0.814. The second kappa shape index (κ2) is 5.72. The molecule has 1 saturated heterocycles. The number of carboxylic acids is 1. The highest BCUT2D eigenvalue weighted by molar-refractivity contribution is 5.78. The zero-order chi connectivity index (χ0) is 14.8. The predicted octanol–water partition coefficient (Wildman–Crippen LogP) is 1.78. The SMILES string of the molecule is CC1(O)CCCN(C(=O)CC2(CC(=O)O)CCCC2)C1. The van der Waals surface area contributed by atoms with E-state index in [1.165, 1.54) is 0 Å². The maximum Gasteiger partial charge on any atom is 0.303 e. The van der Waals surface area contributed by atoms with Gasteiger partial charge in [0.05, 0.1) is 12.0 Å². The molecule has 1 aliphatic heterocycles. The Kier molecular flexibility index (Phi) is 4.37. The van der Waals surface area contributed by atoms with Crippen LogP contribution in [-0.4, -0.2) is 45.7 Å². The summed E-state index contributed by atoms with van der Waals surface area (Å²) in [6, 6.07) is 0. The van der Waals surface area contributed by atoms with Gasteiger partial charge in [-0.05, 0) is 38.0 Å². The molecule has 0 aromatic heterocycles. The number of aliphatic hydroxyl groups is 1. The lowest BCUT2D eigenvalue weighted by Gasteiger charge is -2.38. The summed E-state index contributed by atoms with van der Waals surface area (Å²) in [7, 11) is 0. The van der Waals surface area contributed by atoms with E-state index in [-0.39, 0.29) is 17.7 Å². The standard InChI is InChI=1S/C15H25NO4/c1-14(20)5-4-8-16(11-14)12(17)9-15(10-13(18)19)6-2-3-7-15/h20H,2-11H2,1H3,(H,18,19). The van der Waals surface area contributed by atoms with E-state index in [0.29, 0.717) is 19.5 Å². The molecule has 0 aromatic rings. The van der Waals surface area contributed by atoms with Crippen LogP contribution in [-0.2, 0) is 9.59 Å². The van der Waals surface area contributed by atoms with E-state index in [0.717, 1.165) is 38.5 Å². The van der Waals surface area contributed by atoms with E-state index in [9.17, 15) is 14.7 Å². The predicted molar refractivity (Wildman–Crippen MR) is 74.2 cm³/mol. The minimum Gasteiger partial charge on any atom is -0.481 e. The van der Waals surface area contributed by atoms with Crippen LogP contribution < -0.4 is 0 Å². The Bertz CT molecular complexity index is 385. The van der Waals surface area contributed by atoms with Crippen LogP contribution >= 0.6 is 0 Å². The van der Waals surface area contributed by atoms with Crippen molar-refractivity contribution in [1.29, 1.82) is 0 Å². The number of rotatable bonds is 4. The first kappa shape index (κ1) is 15.3. The van der Waals surface area contributed by atoms with E-state index in [1.807, 2.05) is 0 Å². The van der Waals surface area contributed by atoms with Crippen LogP contribution in [0, 0.1) is 5.41 Å². The molecule has 5 nitrogen and oxygen atoms in total. The fourth-order valence-electron chi connectivity index (χ4n) is 3.73. The molecule has 114 valence electrons. The van der Waals surface area contributed by atoms with Crippen LogP contribution in [0.1, 0.15) is 58.3 Å². The van der Waals surface area contributed by atoms with Crippen LogP contribution in [0.2, 0.25) is 0 Å². The molecular formula is C15H25NO4. The maximum atomic E-state index is 12.5. The molecule has 2 fully saturated rings. The number of likely N-dealkylation sites (tertiary alicyclic amines) is 1. The van der Waals surface area contributed by atoms with Gasteiger partial charge in [-0.25, -0.2) is 0 Å². The molecule has 1 saturated carbocycles. The van der Waals surface area contributed by atoms with Crippen molar-refractivity contribution in [1.82, 2.24) is 4.90 Å². The number of hydrogen-bond acceptors (Lipinski definition) is 3. The Labute approximate surface area is 120 Å². The zero-order valence-electron chi connectivity index (χ0n) is 12.2. The average Bonchev–Trinajstić information content (AvgIpc) is 2.75. The number of β-amino-alcohol motifs (C(OH)–C–C–N with tert-alkyl or cyclic N) is 1. The number of amides is 1. The number of carboxylic acid groups (broad SMARTS) is 1. The molecule has 1 unspecified atom stereocenters. The molecule has 0 radical (unpaired) electrons. The lowest BCUT2D eigenvalue weighted by molar-refractivity contribution is -0.143. The molecule has 2 aliphatic rings. The van der Waals surface area contributed by atoms with E-state index in [4.69, 9.17) is 5.11 Å². The summed E-state index contributed by atoms with van der Waals surface area (Å²) in [4.78, 5) is 25.2. The average molecular weight is 283 g/mol. The number of aliphatic carboxylic acids is 1. The molecule has 0 aromatic carbocycles. The fourth-order valence-corrected chi connectivity index (χ4v) is 3.73. The highest BCUT2D eigenvalue weighted by Gasteiger charge is 2.40. The molecule has 2 N–H and O–H groups in total. The third-order valence-electron chi connectivity index (χ3n) is 4.74. The van der Waals surface area contributed by atoms with Crippen LogP contribution in [0.5, 0.6) is 0 Å². The summed E-state index contributed by atoms with van der Waals surface area (Å²) in [6.45, 7) is 2.81. The number of carbonyl (C=O) groups excluding carboxylic acids is 1. The first-order valence-corrected chi connectivity index (χ1v) is 7.54. The molecule has 2 rings (SSSR count). The molecule has 1 aliphatic carbocycles. The summed E-state index contributed by atoms with van der Waals surface area (Å²) in [6.07, 6.45) is 5.61. The minimum absolute atomic E-state index is 0.00752. The molecule has 1 atom stereocenters. The summed E-state index contributed by atoms with van der Waals surface area (Å²) < 4.78 is 0. The van der Waals surface area contributed by atoms with E-state index >= 15 is 0 Å². The number of nitrogens with zero attached hydrogens (tertiary/aromatic N) is 1. The summed E-state index contributed by atoms with van der Waals surface area (Å²) >= 11 is 0. The van der Waals surface area contributed by atoms with Crippen molar-refractivity contribution in [2.24, 2.45) is 5.41 Å². The molecular weight excluding hydrogens is 258 g/mol. The monoisotopic (exact) mass is 283 g/mol. The molecule has 0 bridgehead atoms. The summed E-state index contributed by atoms with van der Waals surface area (Å²) in [5.41, 5.74) is -1.16. The highest BCUT2D eigenvalue weighted by Crippen LogP contribution is 2.44. The third-order valence-corrected chi connectivity index (χ3v) is 4.74. The second-order valence-electron chi connectivity index (χ2n) is 6.87. The largest absolute Gasteiger partial charge is 0.481 e. The van der Waals surface area contributed by atoms with E-state index in [2.05, 4.69) is 0 Å². The summed E-state index contributed by atoms with van der Waals surface area (Å²) in [5, 5.41) is 19.2. The number of piperidine rings is 1. The Morgan fingerprint density at radius 2 is 1.75 bits per heavy atom. The van der Waals surface area contributed by atoms with Gasteiger partial charge in [-0.3, -0.25) is 9.59 Å². The van der Waals surface area contributed by atoms with Gasteiger partial charge < -0.3 is 15.1 Å². The van der Waals surface area contributed by atoms with Gasteiger partial charge in [0.15, 0.2) is 0 Å². The van der Waals surface area contributed by atoms with E-state index < -0.39 is 11.6 Å². The molecule has 20 heavy (non-hydrogen) atoms. The van der Waals surface area contributed by atoms with Crippen LogP contribution in [0.25, 0.3) is 0 Å². The topological polar surface area (TPSA) is 77.8 Å². The smallest absolute Gasteiger partial charge is 0.303 e. The van der Waals surface area contributed by atoms with Gasteiger partial charge in [0.25, 0.3) is 0 Å². The molecule has 5 heteroatoms. The van der Waals surface area contributed by atoms with Gasteiger partial charge in [-0.2, -0.15) is 0 Å². The second-order valence-corrected chi connectivity index (χ2v) is 6.87. The Morgan fingerprint density at radius 3 is 2.30 bits per heavy atom. The molecule has 1 heterocycles. The van der Waals surface area contributed by atoms with Gasteiger partial charge in [-0.15, -0.1) is 0 Å². The Balaban J connectivity index is 1.99. The van der Waals surface area contributed by atoms with Crippen molar-refractivity contribution in [2.75, 3.05) is 13.1 Å². The first-order valence-electron chi connectivity index (χ1n) is 7.54. The van der Waals surface area contributed by atoms with Gasteiger partial charge in [0.1, 0.15) is 0 Å².